The number of aromatic amines is 1. The second-order valence-corrected chi connectivity index (χ2v) is 3.77. The maximum absolute atomic E-state index is 11.4. The van der Waals surface area contributed by atoms with Gasteiger partial charge in [-0.15, -0.1) is 11.6 Å². The zero-order valence-corrected chi connectivity index (χ0v) is 8.93. The van der Waals surface area contributed by atoms with Crippen LogP contribution in [0.15, 0.2) is 4.79 Å². The van der Waals surface area contributed by atoms with Crippen molar-refractivity contribution in [3.63, 3.8) is 0 Å². The molecular formula is C9H13ClN2O2. The molecule has 0 aliphatic carbocycles. The average Bonchev–Trinajstić information content (AvgIpc) is 2.10. The summed E-state index contributed by atoms with van der Waals surface area (Å²) in [5.74, 6) is 0.0899. The highest BCUT2D eigenvalue weighted by molar-refractivity contribution is 6.20. The van der Waals surface area contributed by atoms with Gasteiger partial charge < -0.3 is 10.1 Å². The molecule has 0 bridgehead atoms. The van der Waals surface area contributed by atoms with Crippen LogP contribution in [-0.4, -0.2) is 15.1 Å². The molecule has 5 heteroatoms. The van der Waals surface area contributed by atoms with Crippen molar-refractivity contribution in [3.05, 3.63) is 21.7 Å². The average molecular weight is 217 g/mol. The van der Waals surface area contributed by atoms with Crippen molar-refractivity contribution in [1.29, 1.82) is 0 Å². The van der Waals surface area contributed by atoms with Gasteiger partial charge in [-0.2, -0.15) is 4.98 Å². The Hall–Kier alpha value is -1.03. The van der Waals surface area contributed by atoms with E-state index in [0.29, 0.717) is 17.8 Å². The quantitative estimate of drug-likeness (QED) is 0.757. The topological polar surface area (TPSA) is 66.0 Å². The Kier molecular flexibility index (Phi) is 3.52. The lowest BCUT2D eigenvalue weighted by molar-refractivity contribution is 0.438. The van der Waals surface area contributed by atoms with Crippen LogP contribution >= 0.6 is 11.6 Å². The summed E-state index contributed by atoms with van der Waals surface area (Å²) in [6, 6.07) is 0. The number of hydrogen-bond acceptors (Lipinski definition) is 3. The molecule has 0 aliphatic heterocycles. The molecule has 1 aromatic heterocycles. The van der Waals surface area contributed by atoms with Crippen molar-refractivity contribution in [2.24, 2.45) is 0 Å². The van der Waals surface area contributed by atoms with Crippen molar-refractivity contribution in [3.8, 4) is 5.88 Å². The van der Waals surface area contributed by atoms with Gasteiger partial charge in [-0.3, -0.25) is 4.79 Å². The van der Waals surface area contributed by atoms with Crippen LogP contribution in [-0.2, 0) is 6.42 Å². The van der Waals surface area contributed by atoms with Gasteiger partial charge in [0.25, 0.3) is 5.56 Å². The molecule has 1 atom stereocenters. The summed E-state index contributed by atoms with van der Waals surface area (Å²) in [6.45, 7) is 3.61. The van der Waals surface area contributed by atoms with Crippen molar-refractivity contribution >= 4 is 11.6 Å². The molecule has 0 aliphatic rings. The van der Waals surface area contributed by atoms with Gasteiger partial charge in [0.1, 0.15) is 5.82 Å². The van der Waals surface area contributed by atoms with E-state index in [1.54, 1.807) is 6.92 Å². The van der Waals surface area contributed by atoms with Crippen LogP contribution in [0, 0.1) is 0 Å². The number of aromatic nitrogens is 2. The van der Waals surface area contributed by atoms with Crippen LogP contribution in [0.5, 0.6) is 5.88 Å². The third-order valence-electron chi connectivity index (χ3n) is 1.89. The second-order valence-electron chi connectivity index (χ2n) is 3.12. The third kappa shape index (κ3) is 2.26. The Balaban J connectivity index is 3.18. The lowest BCUT2D eigenvalue weighted by Gasteiger charge is -2.05. The highest BCUT2D eigenvalue weighted by Gasteiger charge is 2.12. The maximum Gasteiger partial charge on any atom is 0.257 e. The Morgan fingerprint density at radius 3 is 2.71 bits per heavy atom. The summed E-state index contributed by atoms with van der Waals surface area (Å²) in [6.07, 6.45) is 1.30. The summed E-state index contributed by atoms with van der Waals surface area (Å²) in [5.41, 5.74) is 0.0235. The molecule has 4 nitrogen and oxygen atoms in total. The van der Waals surface area contributed by atoms with E-state index in [1.807, 2.05) is 6.92 Å². The summed E-state index contributed by atoms with van der Waals surface area (Å²) >= 11 is 5.73. The van der Waals surface area contributed by atoms with E-state index < -0.39 is 5.38 Å². The Morgan fingerprint density at radius 2 is 2.29 bits per heavy atom. The lowest BCUT2D eigenvalue weighted by Crippen LogP contribution is -2.17. The summed E-state index contributed by atoms with van der Waals surface area (Å²) in [5, 5.41) is 9.05. The molecule has 0 fully saturated rings. The highest BCUT2D eigenvalue weighted by Crippen LogP contribution is 2.17. The van der Waals surface area contributed by atoms with E-state index in [0.717, 1.165) is 6.42 Å². The van der Waals surface area contributed by atoms with Crippen LogP contribution in [0.3, 0.4) is 0 Å². The van der Waals surface area contributed by atoms with Crippen molar-refractivity contribution < 1.29 is 5.11 Å². The molecule has 1 heterocycles. The SMILES string of the molecule is CCCc1c(O)nc(C(C)Cl)[nH]c1=O. The van der Waals surface area contributed by atoms with Crippen molar-refractivity contribution in [2.45, 2.75) is 32.1 Å². The molecule has 1 rings (SSSR count). The van der Waals surface area contributed by atoms with Crippen LogP contribution in [0.1, 0.15) is 37.0 Å². The standard InChI is InChI=1S/C9H13ClN2O2/c1-3-4-6-8(13)11-7(5(2)10)12-9(6)14/h5H,3-4H2,1-2H3,(H2,11,12,13,14). The normalized spacial score (nSPS) is 12.8. The van der Waals surface area contributed by atoms with E-state index in [1.165, 1.54) is 0 Å². The molecule has 2 N–H and O–H groups in total. The minimum atomic E-state index is -0.413. The number of H-pyrrole nitrogens is 1. The molecule has 0 saturated heterocycles. The first kappa shape index (κ1) is 11.0. The molecule has 78 valence electrons. The van der Waals surface area contributed by atoms with Gasteiger partial charge in [0.2, 0.25) is 5.88 Å². The van der Waals surface area contributed by atoms with Crippen LogP contribution < -0.4 is 5.56 Å². The van der Waals surface area contributed by atoms with Gasteiger partial charge >= 0.3 is 0 Å². The number of alkyl halides is 1. The van der Waals surface area contributed by atoms with Crippen LogP contribution in [0.4, 0.5) is 0 Å². The number of nitrogens with zero attached hydrogens (tertiary/aromatic N) is 1. The fourth-order valence-electron chi connectivity index (χ4n) is 1.17. The number of halogens is 1. The fraction of sp³-hybridized carbons (Fsp3) is 0.556. The summed E-state index contributed by atoms with van der Waals surface area (Å²) in [4.78, 5) is 17.8. The number of aromatic hydroxyl groups is 1. The zero-order valence-electron chi connectivity index (χ0n) is 8.17. The zero-order chi connectivity index (χ0) is 10.7. The minimum Gasteiger partial charge on any atom is -0.493 e. The molecule has 1 aromatic rings. The Morgan fingerprint density at radius 1 is 1.64 bits per heavy atom. The predicted octanol–water partition coefficient (Wildman–Crippen LogP) is 1.73. The first-order chi connectivity index (χ1) is 6.56. The van der Waals surface area contributed by atoms with E-state index >= 15 is 0 Å². The van der Waals surface area contributed by atoms with Gasteiger partial charge in [0.15, 0.2) is 0 Å². The molecule has 0 aromatic carbocycles. The molecular weight excluding hydrogens is 204 g/mol. The molecule has 14 heavy (non-hydrogen) atoms. The first-order valence-corrected chi connectivity index (χ1v) is 4.96. The number of rotatable bonds is 3. The van der Waals surface area contributed by atoms with Crippen LogP contribution in [0.25, 0.3) is 0 Å². The fourth-order valence-corrected chi connectivity index (χ4v) is 1.27. The van der Waals surface area contributed by atoms with Gasteiger partial charge in [-0.05, 0) is 13.3 Å². The summed E-state index contributed by atoms with van der Waals surface area (Å²) < 4.78 is 0. The van der Waals surface area contributed by atoms with Crippen LogP contribution in [0.2, 0.25) is 0 Å². The lowest BCUT2D eigenvalue weighted by atomic mass is 10.2. The Labute approximate surface area is 87.0 Å². The predicted molar refractivity (Wildman–Crippen MR) is 54.8 cm³/mol. The molecule has 1 unspecified atom stereocenters. The van der Waals surface area contributed by atoms with Gasteiger partial charge in [-0.1, -0.05) is 13.3 Å². The van der Waals surface area contributed by atoms with Gasteiger partial charge in [0.05, 0.1) is 10.9 Å². The minimum absolute atomic E-state index is 0.210. The molecule has 0 saturated carbocycles. The molecule has 0 spiro atoms. The molecule has 0 radical (unpaired) electrons. The Bertz CT molecular complexity index is 374. The second kappa shape index (κ2) is 4.46. The maximum atomic E-state index is 11.4. The van der Waals surface area contributed by atoms with Crippen molar-refractivity contribution in [2.75, 3.05) is 0 Å². The third-order valence-corrected chi connectivity index (χ3v) is 2.10. The van der Waals surface area contributed by atoms with E-state index in [-0.39, 0.29) is 11.4 Å². The number of hydrogen-bond donors (Lipinski definition) is 2. The largest absolute Gasteiger partial charge is 0.493 e. The van der Waals surface area contributed by atoms with E-state index in [4.69, 9.17) is 11.6 Å². The summed E-state index contributed by atoms with van der Waals surface area (Å²) in [7, 11) is 0. The van der Waals surface area contributed by atoms with E-state index in [9.17, 15) is 9.90 Å². The van der Waals surface area contributed by atoms with Gasteiger partial charge in [-0.25, -0.2) is 0 Å². The van der Waals surface area contributed by atoms with Crippen molar-refractivity contribution in [1.82, 2.24) is 9.97 Å². The smallest absolute Gasteiger partial charge is 0.257 e. The first-order valence-electron chi connectivity index (χ1n) is 4.52. The van der Waals surface area contributed by atoms with E-state index in [2.05, 4.69) is 9.97 Å². The molecule has 0 amide bonds. The highest BCUT2D eigenvalue weighted by atomic mass is 35.5. The monoisotopic (exact) mass is 216 g/mol. The number of nitrogens with one attached hydrogen (secondary N) is 1. The van der Waals surface area contributed by atoms with Gasteiger partial charge in [0, 0.05) is 0 Å².